The van der Waals surface area contributed by atoms with Gasteiger partial charge in [0, 0.05) is 11.6 Å². The molecule has 3 nitrogen and oxygen atoms in total. The average molecular weight is 292 g/mol. The van der Waals surface area contributed by atoms with Gasteiger partial charge < -0.3 is 4.74 Å². The lowest BCUT2D eigenvalue weighted by Gasteiger charge is -2.17. The summed E-state index contributed by atoms with van der Waals surface area (Å²) < 4.78 is 5.08. The second-order valence-corrected chi connectivity index (χ2v) is 5.26. The quantitative estimate of drug-likeness (QED) is 0.907. The SMILES string of the molecule is COC1=CC(=CC=C2C=C[NH+](C)c3ccccc32)C=CC1=O. The minimum atomic E-state index is -0.0968. The topological polar surface area (TPSA) is 30.7 Å². The van der Waals surface area contributed by atoms with Crippen molar-refractivity contribution in [2.45, 2.75) is 0 Å². The lowest BCUT2D eigenvalue weighted by atomic mass is 9.99. The van der Waals surface area contributed by atoms with Gasteiger partial charge in [-0.05, 0) is 35.4 Å². The van der Waals surface area contributed by atoms with Crippen molar-refractivity contribution >= 4 is 17.0 Å². The van der Waals surface area contributed by atoms with Gasteiger partial charge in [-0.15, -0.1) is 0 Å². The van der Waals surface area contributed by atoms with E-state index in [0.717, 1.165) is 11.1 Å². The van der Waals surface area contributed by atoms with Gasteiger partial charge in [-0.1, -0.05) is 30.4 Å². The minimum absolute atomic E-state index is 0.0968. The Morgan fingerprint density at radius 3 is 2.73 bits per heavy atom. The second kappa shape index (κ2) is 6.00. The van der Waals surface area contributed by atoms with E-state index in [1.165, 1.54) is 29.3 Å². The molecule has 1 aliphatic heterocycles. The number of ketones is 1. The van der Waals surface area contributed by atoms with Gasteiger partial charge in [-0.25, -0.2) is 0 Å². The van der Waals surface area contributed by atoms with Crippen molar-refractivity contribution in [1.82, 2.24) is 0 Å². The number of hydrogen-bond acceptors (Lipinski definition) is 2. The summed E-state index contributed by atoms with van der Waals surface area (Å²) in [4.78, 5) is 12.8. The van der Waals surface area contributed by atoms with Crippen LogP contribution in [0.15, 0.2) is 78.3 Å². The fraction of sp³-hybridized carbons (Fsp3) is 0.105. The molecular weight excluding hydrogens is 274 g/mol. The third-order valence-corrected chi connectivity index (χ3v) is 3.82. The molecule has 1 heterocycles. The zero-order chi connectivity index (χ0) is 15.5. The predicted molar refractivity (Wildman–Crippen MR) is 87.4 cm³/mol. The number of hydrogen-bond donors (Lipinski definition) is 1. The number of nitrogens with one attached hydrogen (secondary N) is 1. The van der Waals surface area contributed by atoms with E-state index >= 15 is 0 Å². The van der Waals surface area contributed by atoms with Crippen LogP contribution in [0.2, 0.25) is 0 Å². The molecule has 1 N–H and O–H groups in total. The van der Waals surface area contributed by atoms with E-state index in [1.807, 2.05) is 12.1 Å². The number of carbonyl (C=O) groups excluding carboxylic acids is 1. The highest BCUT2D eigenvalue weighted by atomic mass is 16.5. The van der Waals surface area contributed by atoms with Gasteiger partial charge in [0.15, 0.2) is 5.76 Å². The van der Waals surface area contributed by atoms with Crippen LogP contribution >= 0.6 is 0 Å². The van der Waals surface area contributed by atoms with Crippen LogP contribution in [-0.4, -0.2) is 19.9 Å². The number of methoxy groups -OCH3 is 1. The molecule has 0 radical (unpaired) electrons. The summed E-state index contributed by atoms with van der Waals surface area (Å²) in [5.41, 5.74) is 4.59. The van der Waals surface area contributed by atoms with Gasteiger partial charge in [-0.2, -0.15) is 0 Å². The Hall–Kier alpha value is -2.65. The molecule has 0 saturated carbocycles. The van der Waals surface area contributed by atoms with Crippen LogP contribution in [0.1, 0.15) is 5.56 Å². The molecule has 3 rings (SSSR count). The number of fused-ring (bicyclic) bond motifs is 1. The molecule has 0 bridgehead atoms. The molecule has 0 amide bonds. The number of carbonyl (C=O) groups is 1. The third kappa shape index (κ3) is 2.71. The number of allylic oxidation sites excluding steroid dienone is 8. The van der Waals surface area contributed by atoms with E-state index in [0.29, 0.717) is 5.76 Å². The van der Waals surface area contributed by atoms with E-state index in [9.17, 15) is 4.79 Å². The zero-order valence-electron chi connectivity index (χ0n) is 12.7. The summed E-state index contributed by atoms with van der Waals surface area (Å²) in [6.07, 6.45) is 13.4. The molecule has 1 aliphatic carbocycles. The summed E-state index contributed by atoms with van der Waals surface area (Å²) in [6, 6.07) is 8.37. The average Bonchev–Trinajstić information content (AvgIpc) is 2.56. The third-order valence-electron chi connectivity index (χ3n) is 3.82. The van der Waals surface area contributed by atoms with Gasteiger partial charge in [0.25, 0.3) is 0 Å². The number of benzene rings is 1. The molecule has 1 unspecified atom stereocenters. The van der Waals surface area contributed by atoms with Crippen molar-refractivity contribution in [2.75, 3.05) is 14.2 Å². The lowest BCUT2D eigenvalue weighted by Crippen LogP contribution is -2.99. The Morgan fingerprint density at radius 2 is 1.91 bits per heavy atom. The lowest BCUT2D eigenvalue weighted by molar-refractivity contribution is -0.751. The first-order chi connectivity index (χ1) is 10.7. The van der Waals surface area contributed by atoms with Crippen molar-refractivity contribution in [3.8, 4) is 0 Å². The first kappa shape index (κ1) is 14.3. The second-order valence-electron chi connectivity index (χ2n) is 5.26. The fourth-order valence-electron chi connectivity index (χ4n) is 2.59. The zero-order valence-corrected chi connectivity index (χ0v) is 12.7. The first-order valence-electron chi connectivity index (χ1n) is 7.20. The van der Waals surface area contributed by atoms with Crippen LogP contribution in [-0.2, 0) is 9.53 Å². The van der Waals surface area contributed by atoms with Crippen LogP contribution in [0.25, 0.3) is 5.57 Å². The number of rotatable bonds is 2. The summed E-state index contributed by atoms with van der Waals surface area (Å²) in [5.74, 6) is 0.274. The van der Waals surface area contributed by atoms with Crippen molar-refractivity contribution in [3.05, 3.63) is 83.8 Å². The summed E-state index contributed by atoms with van der Waals surface area (Å²) >= 11 is 0. The Labute approximate surface area is 130 Å². The van der Waals surface area contributed by atoms with Gasteiger partial charge in [0.1, 0.15) is 5.69 Å². The maximum Gasteiger partial charge on any atom is 0.220 e. The maximum atomic E-state index is 11.5. The highest BCUT2D eigenvalue weighted by Gasteiger charge is 2.17. The van der Waals surface area contributed by atoms with Crippen LogP contribution in [0.4, 0.5) is 5.69 Å². The molecule has 1 atom stereocenters. The van der Waals surface area contributed by atoms with E-state index in [1.54, 1.807) is 12.2 Å². The fourth-order valence-corrected chi connectivity index (χ4v) is 2.59. The highest BCUT2D eigenvalue weighted by molar-refractivity contribution is 6.04. The van der Waals surface area contributed by atoms with Gasteiger partial charge in [-0.3, -0.25) is 9.69 Å². The molecular formula is C19H18NO2+. The molecule has 0 aromatic heterocycles. The minimum Gasteiger partial charge on any atom is -0.493 e. The first-order valence-corrected chi connectivity index (χ1v) is 7.20. The molecule has 2 aliphatic rings. The Bertz CT molecular complexity index is 763. The molecule has 1 aromatic rings. The summed E-state index contributed by atoms with van der Waals surface area (Å²) in [6.45, 7) is 0. The Balaban J connectivity index is 1.95. The van der Waals surface area contributed by atoms with Crippen LogP contribution in [0, 0.1) is 0 Å². The monoisotopic (exact) mass is 292 g/mol. The Kier molecular flexibility index (Phi) is 3.90. The molecule has 0 saturated heterocycles. The van der Waals surface area contributed by atoms with Crippen LogP contribution in [0.5, 0.6) is 0 Å². The van der Waals surface area contributed by atoms with Crippen LogP contribution < -0.4 is 4.90 Å². The molecule has 0 fully saturated rings. The largest absolute Gasteiger partial charge is 0.493 e. The normalized spacial score (nSPS) is 23.6. The maximum absolute atomic E-state index is 11.5. The van der Waals surface area contributed by atoms with Crippen molar-refractivity contribution in [3.63, 3.8) is 0 Å². The van der Waals surface area contributed by atoms with E-state index in [-0.39, 0.29) is 5.78 Å². The molecule has 3 heteroatoms. The molecule has 0 spiro atoms. The Morgan fingerprint density at radius 1 is 1.09 bits per heavy atom. The summed E-state index contributed by atoms with van der Waals surface area (Å²) in [7, 11) is 3.63. The molecule has 22 heavy (non-hydrogen) atoms. The summed E-state index contributed by atoms with van der Waals surface area (Å²) in [5, 5.41) is 0. The van der Waals surface area contributed by atoms with Gasteiger partial charge >= 0.3 is 0 Å². The predicted octanol–water partition coefficient (Wildman–Crippen LogP) is 2.34. The number of para-hydroxylation sites is 1. The number of ether oxygens (including phenoxy) is 1. The molecule has 110 valence electrons. The van der Waals surface area contributed by atoms with E-state index in [2.05, 4.69) is 43.6 Å². The standard InChI is InChI=1S/C19H17NO2/c1-20-12-11-15(16-5-3-4-6-17(16)20)9-7-14-8-10-18(21)19(13-14)22-2/h3-13H,1-2H3/p+1. The molecule has 1 aromatic carbocycles. The van der Waals surface area contributed by atoms with Crippen molar-refractivity contribution < 1.29 is 14.4 Å². The number of quaternary nitrogens is 1. The van der Waals surface area contributed by atoms with Crippen molar-refractivity contribution in [2.24, 2.45) is 0 Å². The van der Waals surface area contributed by atoms with Crippen molar-refractivity contribution in [1.29, 1.82) is 0 Å². The smallest absolute Gasteiger partial charge is 0.220 e. The van der Waals surface area contributed by atoms with E-state index in [4.69, 9.17) is 4.74 Å². The van der Waals surface area contributed by atoms with Gasteiger partial charge in [0.05, 0.1) is 20.4 Å². The highest BCUT2D eigenvalue weighted by Crippen LogP contribution is 2.25. The van der Waals surface area contributed by atoms with Crippen LogP contribution in [0.3, 0.4) is 0 Å². The van der Waals surface area contributed by atoms with E-state index < -0.39 is 0 Å². The van der Waals surface area contributed by atoms with Gasteiger partial charge in [0.2, 0.25) is 5.78 Å².